The Morgan fingerprint density at radius 3 is 1.69 bits per heavy atom. The van der Waals surface area contributed by atoms with E-state index >= 15 is 0 Å². The predicted octanol–water partition coefficient (Wildman–Crippen LogP) is 1.80. The van der Waals surface area contributed by atoms with Crippen LogP contribution in [0.4, 0.5) is 0 Å². The van der Waals surface area contributed by atoms with E-state index in [0.717, 1.165) is 0 Å². The number of ketones is 1. The molecule has 0 aliphatic rings. The maximum Gasteiger partial charge on any atom is 0.309 e. The van der Waals surface area contributed by atoms with Crippen molar-refractivity contribution in [2.45, 2.75) is 40.7 Å². The van der Waals surface area contributed by atoms with Gasteiger partial charge < -0.3 is 4.74 Å². The third-order valence-electron chi connectivity index (χ3n) is 1.73. The molecule has 0 aromatic carbocycles. The molecule has 0 fully saturated rings. The van der Waals surface area contributed by atoms with Gasteiger partial charge in [-0.05, 0) is 6.92 Å². The minimum Gasteiger partial charge on any atom is -0.454 e. The van der Waals surface area contributed by atoms with Crippen molar-refractivity contribution >= 4 is 11.8 Å². The summed E-state index contributed by atoms with van der Waals surface area (Å²) in [6.07, 6.45) is -0.616. The topological polar surface area (TPSA) is 43.4 Å². The van der Waals surface area contributed by atoms with Gasteiger partial charge in [-0.25, -0.2) is 0 Å². The molecule has 0 N–H and O–H groups in total. The molecule has 0 radical (unpaired) electrons. The summed E-state index contributed by atoms with van der Waals surface area (Å²) in [5, 5.41) is 0. The smallest absolute Gasteiger partial charge is 0.309 e. The fourth-order valence-electron chi connectivity index (χ4n) is 0.838. The fourth-order valence-corrected chi connectivity index (χ4v) is 0.838. The summed E-state index contributed by atoms with van der Waals surface area (Å²) in [5.74, 6) is -0.618. The highest BCUT2D eigenvalue weighted by Gasteiger charge is 2.21. The van der Waals surface area contributed by atoms with Crippen LogP contribution in [0.25, 0.3) is 0 Å². The van der Waals surface area contributed by atoms with Crippen molar-refractivity contribution in [1.82, 2.24) is 0 Å². The molecule has 0 saturated carbocycles. The number of carbonyl (C=O) groups excluding carboxylic acids is 2. The summed E-state index contributed by atoms with van der Waals surface area (Å²) in [4.78, 5) is 22.4. The van der Waals surface area contributed by atoms with E-state index in [-0.39, 0.29) is 23.6 Å². The quantitative estimate of drug-likeness (QED) is 0.629. The average molecular weight is 186 g/mol. The number of ether oxygens (including phenoxy) is 1. The molecule has 0 amide bonds. The maximum atomic E-state index is 11.3. The molecular formula is C10H18O3. The van der Waals surface area contributed by atoms with Gasteiger partial charge in [0.25, 0.3) is 0 Å². The highest BCUT2D eigenvalue weighted by Crippen LogP contribution is 2.06. The first-order chi connectivity index (χ1) is 5.86. The molecule has 1 atom stereocenters. The van der Waals surface area contributed by atoms with Crippen LogP contribution in [0.15, 0.2) is 0 Å². The molecule has 0 aliphatic carbocycles. The molecule has 3 nitrogen and oxygen atoms in total. The van der Waals surface area contributed by atoms with Crippen LogP contribution in [0.2, 0.25) is 0 Å². The van der Waals surface area contributed by atoms with Crippen LogP contribution < -0.4 is 0 Å². The second-order valence-electron chi connectivity index (χ2n) is 3.79. The number of carbonyl (C=O) groups is 2. The lowest BCUT2D eigenvalue weighted by Crippen LogP contribution is -2.29. The first-order valence-corrected chi connectivity index (χ1v) is 4.60. The Morgan fingerprint density at radius 1 is 0.923 bits per heavy atom. The van der Waals surface area contributed by atoms with E-state index < -0.39 is 6.10 Å². The van der Waals surface area contributed by atoms with Crippen molar-refractivity contribution in [2.24, 2.45) is 11.8 Å². The van der Waals surface area contributed by atoms with Gasteiger partial charge in [0.15, 0.2) is 11.9 Å². The zero-order valence-electron chi connectivity index (χ0n) is 8.96. The zero-order valence-corrected chi connectivity index (χ0v) is 8.96. The largest absolute Gasteiger partial charge is 0.454 e. The van der Waals surface area contributed by atoms with Gasteiger partial charge in [-0.2, -0.15) is 0 Å². The Bertz CT molecular complexity index is 194. The molecule has 0 heterocycles. The Labute approximate surface area is 79.5 Å². The van der Waals surface area contributed by atoms with Gasteiger partial charge in [-0.3, -0.25) is 9.59 Å². The van der Waals surface area contributed by atoms with Gasteiger partial charge in [-0.15, -0.1) is 0 Å². The van der Waals surface area contributed by atoms with Gasteiger partial charge >= 0.3 is 5.97 Å². The summed E-state index contributed by atoms with van der Waals surface area (Å²) in [6.45, 7) is 8.69. The van der Waals surface area contributed by atoms with Crippen LogP contribution in [0.1, 0.15) is 34.6 Å². The molecule has 0 saturated heterocycles. The van der Waals surface area contributed by atoms with Crippen molar-refractivity contribution in [1.29, 1.82) is 0 Å². The monoisotopic (exact) mass is 186 g/mol. The summed E-state index contributed by atoms with van der Waals surface area (Å²) in [7, 11) is 0. The molecule has 0 aromatic rings. The third kappa shape index (κ3) is 4.06. The maximum absolute atomic E-state index is 11.3. The Hall–Kier alpha value is -0.860. The van der Waals surface area contributed by atoms with Gasteiger partial charge in [0.1, 0.15) is 0 Å². The van der Waals surface area contributed by atoms with Crippen molar-refractivity contribution in [3.8, 4) is 0 Å². The second-order valence-corrected chi connectivity index (χ2v) is 3.79. The van der Waals surface area contributed by atoms with Crippen LogP contribution in [-0.2, 0) is 14.3 Å². The summed E-state index contributed by atoms with van der Waals surface area (Å²) >= 11 is 0. The standard InChI is InChI=1S/C10H18O3/c1-6(2)9(11)8(5)13-10(12)7(3)4/h6-8H,1-5H3. The molecule has 1 unspecified atom stereocenters. The lowest BCUT2D eigenvalue weighted by atomic mass is 10.1. The third-order valence-corrected chi connectivity index (χ3v) is 1.73. The van der Waals surface area contributed by atoms with Crippen molar-refractivity contribution in [3.05, 3.63) is 0 Å². The zero-order chi connectivity index (χ0) is 10.6. The average Bonchev–Trinajstić information content (AvgIpc) is 2.02. The first-order valence-electron chi connectivity index (χ1n) is 4.60. The number of rotatable bonds is 4. The number of hydrogen-bond acceptors (Lipinski definition) is 3. The molecule has 0 spiro atoms. The van der Waals surface area contributed by atoms with Crippen LogP contribution >= 0.6 is 0 Å². The van der Waals surface area contributed by atoms with Crippen LogP contribution in [-0.4, -0.2) is 17.9 Å². The van der Waals surface area contributed by atoms with Crippen molar-refractivity contribution in [3.63, 3.8) is 0 Å². The van der Waals surface area contributed by atoms with Gasteiger partial charge in [0, 0.05) is 5.92 Å². The predicted molar refractivity (Wildman–Crippen MR) is 50.2 cm³/mol. The molecule has 0 aliphatic heterocycles. The molecule has 0 rings (SSSR count). The van der Waals surface area contributed by atoms with E-state index in [9.17, 15) is 9.59 Å². The van der Waals surface area contributed by atoms with Gasteiger partial charge in [0.05, 0.1) is 5.92 Å². The van der Waals surface area contributed by atoms with Gasteiger partial charge in [0.2, 0.25) is 0 Å². The van der Waals surface area contributed by atoms with Crippen molar-refractivity contribution in [2.75, 3.05) is 0 Å². The van der Waals surface area contributed by atoms with E-state index in [4.69, 9.17) is 4.74 Å². The normalized spacial score (nSPS) is 13.2. The summed E-state index contributed by atoms with van der Waals surface area (Å²) in [5.41, 5.74) is 0. The summed E-state index contributed by atoms with van der Waals surface area (Å²) < 4.78 is 4.95. The molecule has 76 valence electrons. The molecule has 3 heteroatoms. The molecule has 13 heavy (non-hydrogen) atoms. The van der Waals surface area contributed by atoms with Crippen LogP contribution in [0.3, 0.4) is 0 Å². The van der Waals surface area contributed by atoms with Crippen molar-refractivity contribution < 1.29 is 14.3 Å². The minimum atomic E-state index is -0.616. The van der Waals surface area contributed by atoms with E-state index in [1.165, 1.54) is 0 Å². The minimum absolute atomic E-state index is 0.0333. The molecular weight excluding hydrogens is 168 g/mol. The fraction of sp³-hybridized carbons (Fsp3) is 0.800. The Kier molecular flexibility index (Phi) is 4.67. The number of Topliss-reactive ketones (excluding diaryl/α,β-unsaturated/α-hetero) is 1. The molecule has 0 aromatic heterocycles. The van der Waals surface area contributed by atoms with E-state index in [0.29, 0.717) is 0 Å². The SMILES string of the molecule is CC(C)C(=O)OC(C)C(=O)C(C)C. The van der Waals surface area contributed by atoms with E-state index in [1.807, 2.05) is 0 Å². The highest BCUT2D eigenvalue weighted by atomic mass is 16.5. The Morgan fingerprint density at radius 2 is 1.38 bits per heavy atom. The lowest BCUT2D eigenvalue weighted by molar-refractivity contribution is -0.158. The van der Waals surface area contributed by atoms with Crippen LogP contribution in [0, 0.1) is 11.8 Å². The lowest BCUT2D eigenvalue weighted by Gasteiger charge is -2.15. The van der Waals surface area contributed by atoms with E-state index in [1.54, 1.807) is 34.6 Å². The Balaban J connectivity index is 4.08. The number of esters is 1. The van der Waals surface area contributed by atoms with Gasteiger partial charge in [-0.1, -0.05) is 27.7 Å². The summed E-state index contributed by atoms with van der Waals surface area (Å²) in [6, 6.07) is 0. The molecule has 0 bridgehead atoms. The van der Waals surface area contributed by atoms with Crippen LogP contribution in [0.5, 0.6) is 0 Å². The highest BCUT2D eigenvalue weighted by molar-refractivity contribution is 5.86. The second kappa shape index (κ2) is 5.00. The first kappa shape index (κ1) is 12.1. The van der Waals surface area contributed by atoms with E-state index in [2.05, 4.69) is 0 Å². The number of hydrogen-bond donors (Lipinski definition) is 0.